The van der Waals surface area contributed by atoms with Crippen LogP contribution in [0.1, 0.15) is 32.4 Å². The number of benzene rings is 1. The lowest BCUT2D eigenvalue weighted by molar-refractivity contribution is 0.400. The van der Waals surface area contributed by atoms with Crippen molar-refractivity contribution in [3.8, 4) is 17.1 Å². The van der Waals surface area contributed by atoms with Crippen LogP contribution in [0.5, 0.6) is 5.88 Å². The SMILES string of the molecule is COc1nc(-c2cccc(C(C)NC(C)C)c2)cn2ccnc12. The van der Waals surface area contributed by atoms with E-state index in [0.717, 1.165) is 16.9 Å². The largest absolute Gasteiger partial charge is 0.478 e. The zero-order valence-corrected chi connectivity index (χ0v) is 13.9. The van der Waals surface area contributed by atoms with Gasteiger partial charge in [-0.3, -0.25) is 0 Å². The zero-order chi connectivity index (χ0) is 16.4. The van der Waals surface area contributed by atoms with Gasteiger partial charge in [-0.1, -0.05) is 32.0 Å². The number of ether oxygens (including phenoxy) is 1. The van der Waals surface area contributed by atoms with Crippen LogP contribution in [-0.2, 0) is 0 Å². The molecule has 0 saturated carbocycles. The summed E-state index contributed by atoms with van der Waals surface area (Å²) in [7, 11) is 1.62. The molecule has 0 radical (unpaired) electrons. The Labute approximate surface area is 136 Å². The summed E-state index contributed by atoms with van der Waals surface area (Å²) < 4.78 is 7.31. The molecular formula is C18H22N4O. The summed E-state index contributed by atoms with van der Waals surface area (Å²) >= 11 is 0. The van der Waals surface area contributed by atoms with Crippen LogP contribution in [0.15, 0.2) is 42.9 Å². The lowest BCUT2D eigenvalue weighted by Gasteiger charge is -2.18. The summed E-state index contributed by atoms with van der Waals surface area (Å²) in [6.45, 7) is 6.48. The molecule has 1 aromatic carbocycles. The number of rotatable bonds is 5. The number of nitrogens with one attached hydrogen (secondary N) is 1. The Kier molecular flexibility index (Phi) is 4.30. The molecule has 0 aliphatic carbocycles. The second-order valence-corrected chi connectivity index (χ2v) is 5.96. The molecule has 5 heteroatoms. The van der Waals surface area contributed by atoms with E-state index < -0.39 is 0 Å². The molecule has 0 fully saturated rings. The summed E-state index contributed by atoms with van der Waals surface area (Å²) in [4.78, 5) is 8.87. The molecule has 1 N–H and O–H groups in total. The summed E-state index contributed by atoms with van der Waals surface area (Å²) in [5, 5.41) is 3.53. The number of hydrogen-bond donors (Lipinski definition) is 1. The maximum atomic E-state index is 5.37. The summed E-state index contributed by atoms with van der Waals surface area (Å²) in [5.74, 6) is 0.534. The predicted octanol–water partition coefficient (Wildman–Crippen LogP) is 3.46. The van der Waals surface area contributed by atoms with Gasteiger partial charge in [0.1, 0.15) is 0 Å². The molecule has 0 aliphatic rings. The van der Waals surface area contributed by atoms with Crippen molar-refractivity contribution in [3.63, 3.8) is 0 Å². The smallest absolute Gasteiger partial charge is 0.258 e. The molecule has 1 unspecified atom stereocenters. The normalized spacial score (nSPS) is 12.7. The molecule has 0 saturated heterocycles. The van der Waals surface area contributed by atoms with E-state index in [1.165, 1.54) is 5.56 Å². The molecule has 1 atom stereocenters. The van der Waals surface area contributed by atoms with Crippen LogP contribution in [-0.4, -0.2) is 27.5 Å². The van der Waals surface area contributed by atoms with E-state index >= 15 is 0 Å². The molecule has 5 nitrogen and oxygen atoms in total. The molecule has 0 aliphatic heterocycles. The minimum Gasteiger partial charge on any atom is -0.478 e. The van der Waals surface area contributed by atoms with Crippen LogP contribution >= 0.6 is 0 Å². The molecule has 2 aromatic heterocycles. The Morgan fingerprint density at radius 3 is 2.78 bits per heavy atom. The third-order valence-electron chi connectivity index (χ3n) is 3.80. The summed E-state index contributed by atoms with van der Waals surface area (Å²) in [6, 6.07) is 9.16. The highest BCUT2D eigenvalue weighted by atomic mass is 16.5. The average Bonchev–Trinajstić information content (AvgIpc) is 3.02. The minimum absolute atomic E-state index is 0.286. The van der Waals surface area contributed by atoms with Crippen molar-refractivity contribution in [1.29, 1.82) is 0 Å². The van der Waals surface area contributed by atoms with Crippen LogP contribution in [0.2, 0.25) is 0 Å². The van der Waals surface area contributed by atoms with Crippen molar-refractivity contribution in [1.82, 2.24) is 19.7 Å². The third kappa shape index (κ3) is 3.19. The van der Waals surface area contributed by atoms with Crippen molar-refractivity contribution in [2.75, 3.05) is 7.11 Å². The number of nitrogens with zero attached hydrogens (tertiary/aromatic N) is 3. The van der Waals surface area contributed by atoms with Gasteiger partial charge in [-0.2, -0.15) is 0 Å². The van der Waals surface area contributed by atoms with Gasteiger partial charge in [0.25, 0.3) is 5.88 Å². The number of aromatic nitrogens is 3. The number of methoxy groups -OCH3 is 1. The van der Waals surface area contributed by atoms with Gasteiger partial charge in [0.2, 0.25) is 0 Å². The van der Waals surface area contributed by atoms with Crippen molar-refractivity contribution < 1.29 is 4.74 Å². The van der Waals surface area contributed by atoms with Crippen molar-refractivity contribution in [2.24, 2.45) is 0 Å². The van der Waals surface area contributed by atoms with E-state index in [9.17, 15) is 0 Å². The number of imidazole rings is 1. The average molecular weight is 310 g/mol. The highest BCUT2D eigenvalue weighted by molar-refractivity contribution is 5.63. The monoisotopic (exact) mass is 310 g/mol. The Bertz CT molecular complexity index is 810. The standard InChI is InChI=1S/C18H22N4O/c1-12(2)20-13(3)14-6-5-7-15(10-14)16-11-22-9-8-19-17(22)18(21-16)23-4/h5-13,20H,1-4H3. The van der Waals surface area contributed by atoms with Crippen molar-refractivity contribution in [3.05, 3.63) is 48.4 Å². The third-order valence-corrected chi connectivity index (χ3v) is 3.80. The quantitative estimate of drug-likeness (QED) is 0.784. The first-order valence-corrected chi connectivity index (χ1v) is 7.82. The lowest BCUT2D eigenvalue weighted by atomic mass is 10.0. The zero-order valence-electron chi connectivity index (χ0n) is 13.9. The fourth-order valence-corrected chi connectivity index (χ4v) is 2.74. The first kappa shape index (κ1) is 15.5. The van der Waals surface area contributed by atoms with E-state index in [2.05, 4.69) is 60.3 Å². The second kappa shape index (κ2) is 6.38. The van der Waals surface area contributed by atoms with Crippen molar-refractivity contribution >= 4 is 5.65 Å². The molecule has 3 aromatic rings. The van der Waals surface area contributed by atoms with Gasteiger partial charge in [-0.05, 0) is 18.6 Å². The first-order chi connectivity index (χ1) is 11.1. The van der Waals surface area contributed by atoms with Crippen LogP contribution in [0.4, 0.5) is 0 Å². The number of fused-ring (bicyclic) bond motifs is 1. The highest BCUT2D eigenvalue weighted by Crippen LogP contribution is 2.25. The molecular weight excluding hydrogens is 288 g/mol. The van der Waals surface area contributed by atoms with E-state index in [1.807, 2.05) is 16.8 Å². The fraction of sp³-hybridized carbons (Fsp3) is 0.333. The Hall–Kier alpha value is -2.40. The lowest BCUT2D eigenvalue weighted by Crippen LogP contribution is -2.25. The second-order valence-electron chi connectivity index (χ2n) is 5.96. The van der Waals surface area contributed by atoms with Gasteiger partial charge in [0.15, 0.2) is 5.65 Å². The Morgan fingerprint density at radius 1 is 1.22 bits per heavy atom. The molecule has 3 rings (SSSR count). The molecule has 23 heavy (non-hydrogen) atoms. The Morgan fingerprint density at radius 2 is 2.04 bits per heavy atom. The van der Waals surface area contributed by atoms with Gasteiger partial charge in [-0.25, -0.2) is 9.97 Å². The van der Waals surface area contributed by atoms with Crippen LogP contribution in [0, 0.1) is 0 Å². The topological polar surface area (TPSA) is 51.5 Å². The first-order valence-electron chi connectivity index (χ1n) is 7.82. The summed E-state index contributed by atoms with van der Waals surface area (Å²) in [6.07, 6.45) is 5.62. The van der Waals surface area contributed by atoms with Gasteiger partial charge in [0.05, 0.1) is 12.8 Å². The molecule has 0 amide bonds. The van der Waals surface area contributed by atoms with Crippen LogP contribution in [0.3, 0.4) is 0 Å². The molecule has 0 spiro atoms. The number of hydrogen-bond acceptors (Lipinski definition) is 4. The van der Waals surface area contributed by atoms with Gasteiger partial charge in [0, 0.05) is 36.2 Å². The fourth-order valence-electron chi connectivity index (χ4n) is 2.74. The molecule has 0 bridgehead atoms. The van der Waals surface area contributed by atoms with Crippen LogP contribution < -0.4 is 10.1 Å². The van der Waals surface area contributed by atoms with E-state index in [-0.39, 0.29) is 6.04 Å². The van der Waals surface area contributed by atoms with Gasteiger partial charge >= 0.3 is 0 Å². The van der Waals surface area contributed by atoms with E-state index in [1.54, 1.807) is 13.3 Å². The Balaban J connectivity index is 2.01. The summed E-state index contributed by atoms with van der Waals surface area (Å²) in [5.41, 5.74) is 3.89. The van der Waals surface area contributed by atoms with Crippen molar-refractivity contribution in [2.45, 2.75) is 32.9 Å². The molecule has 2 heterocycles. The van der Waals surface area contributed by atoms with Crippen LogP contribution in [0.25, 0.3) is 16.9 Å². The minimum atomic E-state index is 0.286. The maximum absolute atomic E-state index is 5.37. The molecule has 120 valence electrons. The van der Waals surface area contributed by atoms with E-state index in [4.69, 9.17) is 4.74 Å². The maximum Gasteiger partial charge on any atom is 0.258 e. The van der Waals surface area contributed by atoms with Gasteiger partial charge < -0.3 is 14.5 Å². The van der Waals surface area contributed by atoms with E-state index in [0.29, 0.717) is 11.9 Å². The van der Waals surface area contributed by atoms with Gasteiger partial charge in [-0.15, -0.1) is 0 Å². The predicted molar refractivity (Wildman–Crippen MR) is 91.7 cm³/mol. The highest BCUT2D eigenvalue weighted by Gasteiger charge is 2.11.